The van der Waals surface area contributed by atoms with E-state index in [0.717, 1.165) is 31.0 Å². The Balaban J connectivity index is 2.43. The van der Waals surface area contributed by atoms with Crippen LogP contribution in [0.15, 0.2) is 0 Å². The van der Waals surface area contributed by atoms with Crippen LogP contribution < -0.4 is 0 Å². The van der Waals surface area contributed by atoms with E-state index in [-0.39, 0.29) is 10.7 Å². The average molecular weight is 284 g/mol. The van der Waals surface area contributed by atoms with Gasteiger partial charge in [0.1, 0.15) is 0 Å². The van der Waals surface area contributed by atoms with Crippen LogP contribution in [0, 0.1) is 0 Å². The molecule has 0 aromatic heterocycles. The van der Waals surface area contributed by atoms with E-state index in [1.54, 1.807) is 0 Å². The molecule has 0 bridgehead atoms. The molecule has 1 aliphatic rings. The molecule has 1 heterocycles. The Morgan fingerprint density at radius 1 is 1.46 bits per heavy atom. The number of hydrogen-bond donors (Lipinski definition) is 0. The van der Waals surface area contributed by atoms with E-state index < -0.39 is 0 Å². The minimum atomic E-state index is 0.0144. The zero-order valence-corrected chi connectivity index (χ0v) is 10.9. The molecule has 1 aliphatic heterocycles. The summed E-state index contributed by atoms with van der Waals surface area (Å²) in [6, 6.07) is 0. The molecule has 0 N–H and O–H groups in total. The van der Waals surface area contributed by atoms with Gasteiger partial charge in [-0.1, -0.05) is 44.4 Å². The summed E-state index contributed by atoms with van der Waals surface area (Å²) in [6.45, 7) is 3.83. The van der Waals surface area contributed by atoms with Gasteiger partial charge < -0.3 is 4.90 Å². The van der Waals surface area contributed by atoms with Crippen molar-refractivity contribution in [3.63, 3.8) is 0 Å². The number of carbonyl (C=O) groups excluding carboxylic acids is 1. The minimum absolute atomic E-state index is 0.0144. The fraction of sp³-hybridized carbons (Fsp3) is 0.875. The molecule has 76 valence electrons. The van der Waals surface area contributed by atoms with Crippen LogP contribution >= 0.6 is 37.5 Å². The Morgan fingerprint density at radius 3 is 2.46 bits per heavy atom. The molecule has 13 heavy (non-hydrogen) atoms. The van der Waals surface area contributed by atoms with E-state index >= 15 is 0 Å². The third kappa shape index (κ3) is 3.72. The first-order valence-electron chi connectivity index (χ1n) is 4.43. The van der Waals surface area contributed by atoms with Gasteiger partial charge in [-0.2, -0.15) is 0 Å². The lowest BCUT2D eigenvalue weighted by Crippen LogP contribution is -2.38. The number of amides is 1. The minimum Gasteiger partial charge on any atom is -0.340 e. The Kier molecular flexibility index (Phi) is 5.58. The summed E-state index contributed by atoms with van der Waals surface area (Å²) in [5, 5.41) is 0. The summed E-state index contributed by atoms with van der Waals surface area (Å²) < 4.78 is 0. The first kappa shape index (κ1) is 11.7. The van der Waals surface area contributed by atoms with Gasteiger partial charge in [0.2, 0.25) is 5.91 Å². The Hall–Kier alpha value is 0.650. The maximum atomic E-state index is 11.7. The number of halogens is 1. The van der Waals surface area contributed by atoms with Crippen molar-refractivity contribution in [1.82, 2.24) is 4.90 Å². The van der Waals surface area contributed by atoms with E-state index in [2.05, 4.69) is 15.9 Å². The number of alkyl halides is 1. The second-order valence-electron chi connectivity index (χ2n) is 2.85. The second-order valence-corrected chi connectivity index (χ2v) is 6.65. The van der Waals surface area contributed by atoms with Crippen molar-refractivity contribution < 1.29 is 4.79 Å². The van der Waals surface area contributed by atoms with Crippen molar-refractivity contribution in [1.29, 1.82) is 0 Å². The van der Waals surface area contributed by atoms with Crippen LogP contribution in [0.25, 0.3) is 0 Å². The van der Waals surface area contributed by atoms with Crippen molar-refractivity contribution in [2.45, 2.75) is 18.2 Å². The van der Waals surface area contributed by atoms with Gasteiger partial charge in [0, 0.05) is 24.6 Å². The van der Waals surface area contributed by atoms with Gasteiger partial charge in [-0.25, -0.2) is 0 Å². The summed E-state index contributed by atoms with van der Waals surface area (Å²) in [7, 11) is 3.73. The van der Waals surface area contributed by atoms with Gasteiger partial charge in [-0.3, -0.25) is 4.79 Å². The maximum Gasteiger partial charge on any atom is 0.236 e. The van der Waals surface area contributed by atoms with Gasteiger partial charge in [-0.15, -0.1) is 0 Å². The Labute approximate surface area is 95.7 Å². The third-order valence-electron chi connectivity index (χ3n) is 1.91. The molecule has 0 radical (unpaired) electrons. The summed E-state index contributed by atoms with van der Waals surface area (Å²) in [6.07, 6.45) is 0.871. The quantitative estimate of drug-likeness (QED) is 0.573. The van der Waals surface area contributed by atoms with Gasteiger partial charge in [0.15, 0.2) is 0 Å². The molecule has 1 amide bonds. The van der Waals surface area contributed by atoms with Gasteiger partial charge in [0.05, 0.1) is 4.83 Å². The first-order valence-corrected chi connectivity index (χ1v) is 7.83. The summed E-state index contributed by atoms with van der Waals surface area (Å²) in [5.74, 6) is 2.37. The van der Waals surface area contributed by atoms with E-state index in [0.29, 0.717) is 0 Å². The van der Waals surface area contributed by atoms with E-state index in [9.17, 15) is 4.79 Å². The van der Waals surface area contributed by atoms with Crippen molar-refractivity contribution in [2.75, 3.05) is 24.6 Å². The zero-order valence-electron chi connectivity index (χ0n) is 7.66. The standard InChI is InChI=1S/C8H14BrNOS2/c1-2-7(9)8(11)10-3-5-12-13-6-4-10/h7H,2-6H2,1H3. The molecule has 0 saturated carbocycles. The fourth-order valence-corrected chi connectivity index (χ4v) is 3.39. The van der Waals surface area contributed by atoms with Crippen LogP contribution in [0.3, 0.4) is 0 Å². The van der Waals surface area contributed by atoms with Crippen LogP contribution in [-0.2, 0) is 4.79 Å². The van der Waals surface area contributed by atoms with Crippen LogP contribution in [-0.4, -0.2) is 40.2 Å². The second kappa shape index (κ2) is 6.19. The van der Waals surface area contributed by atoms with Gasteiger partial charge in [0.25, 0.3) is 0 Å². The monoisotopic (exact) mass is 283 g/mol. The first-order chi connectivity index (χ1) is 6.25. The molecule has 5 heteroatoms. The number of nitrogens with zero attached hydrogens (tertiary/aromatic N) is 1. The molecule has 0 aliphatic carbocycles. The molecular weight excluding hydrogens is 270 g/mol. The topological polar surface area (TPSA) is 20.3 Å². The molecular formula is C8H14BrNOS2. The summed E-state index contributed by atoms with van der Waals surface area (Å²) in [5.41, 5.74) is 0. The average Bonchev–Trinajstić information content (AvgIpc) is 2.43. The van der Waals surface area contributed by atoms with Gasteiger partial charge in [-0.05, 0) is 6.42 Å². The highest BCUT2D eigenvalue weighted by Gasteiger charge is 2.21. The lowest BCUT2D eigenvalue weighted by molar-refractivity contribution is -0.129. The summed E-state index contributed by atoms with van der Waals surface area (Å²) in [4.78, 5) is 13.7. The van der Waals surface area contributed by atoms with E-state index in [1.165, 1.54) is 0 Å². The molecule has 1 saturated heterocycles. The maximum absolute atomic E-state index is 11.7. The summed E-state index contributed by atoms with van der Waals surface area (Å²) >= 11 is 3.40. The smallest absolute Gasteiger partial charge is 0.236 e. The van der Waals surface area contributed by atoms with E-state index in [4.69, 9.17) is 0 Å². The van der Waals surface area contributed by atoms with Crippen LogP contribution in [0.5, 0.6) is 0 Å². The number of hydrogen-bond acceptors (Lipinski definition) is 3. The molecule has 0 spiro atoms. The van der Waals surface area contributed by atoms with Gasteiger partial charge >= 0.3 is 0 Å². The normalized spacial score (nSPS) is 20.9. The zero-order chi connectivity index (χ0) is 9.68. The fourth-order valence-electron chi connectivity index (χ4n) is 1.12. The molecule has 0 aromatic rings. The van der Waals surface area contributed by atoms with Crippen molar-refractivity contribution >= 4 is 43.4 Å². The Bertz CT molecular complexity index is 172. The largest absolute Gasteiger partial charge is 0.340 e. The van der Waals surface area contributed by atoms with Crippen LogP contribution in [0.4, 0.5) is 0 Å². The predicted octanol–water partition coefficient (Wildman–Crippen LogP) is 2.38. The van der Waals surface area contributed by atoms with Crippen LogP contribution in [0.2, 0.25) is 0 Å². The molecule has 2 nitrogen and oxygen atoms in total. The van der Waals surface area contributed by atoms with Crippen LogP contribution in [0.1, 0.15) is 13.3 Å². The highest BCUT2D eigenvalue weighted by molar-refractivity contribution is 9.10. The molecule has 1 atom stereocenters. The molecule has 0 aromatic carbocycles. The van der Waals surface area contributed by atoms with E-state index in [1.807, 2.05) is 33.4 Å². The lowest BCUT2D eigenvalue weighted by atomic mass is 10.3. The number of rotatable bonds is 2. The van der Waals surface area contributed by atoms with Crippen molar-refractivity contribution in [3.8, 4) is 0 Å². The third-order valence-corrected chi connectivity index (χ3v) is 5.31. The van der Waals surface area contributed by atoms with Crippen molar-refractivity contribution in [3.05, 3.63) is 0 Å². The van der Waals surface area contributed by atoms with Crippen molar-refractivity contribution in [2.24, 2.45) is 0 Å². The molecule has 1 rings (SSSR count). The lowest BCUT2D eigenvalue weighted by Gasteiger charge is -2.21. The highest BCUT2D eigenvalue weighted by atomic mass is 79.9. The SMILES string of the molecule is CCC(Br)C(=O)N1CCSSCC1. The predicted molar refractivity (Wildman–Crippen MR) is 64.5 cm³/mol. The molecule has 1 unspecified atom stereocenters. The highest BCUT2D eigenvalue weighted by Crippen LogP contribution is 2.24. The Morgan fingerprint density at radius 2 is 2.00 bits per heavy atom. The number of carbonyl (C=O) groups is 1. The molecule has 1 fully saturated rings.